The van der Waals surface area contributed by atoms with Gasteiger partial charge in [0.2, 0.25) is 5.91 Å². The van der Waals surface area contributed by atoms with E-state index in [1.165, 1.54) is 0 Å². The number of fused-ring (bicyclic) bond motifs is 1. The van der Waals surface area contributed by atoms with Gasteiger partial charge in [-0.05, 0) is 23.3 Å². The first-order chi connectivity index (χ1) is 10.1. The van der Waals surface area contributed by atoms with Gasteiger partial charge in [0.1, 0.15) is 6.54 Å². The Morgan fingerprint density at radius 1 is 1.10 bits per heavy atom. The van der Waals surface area contributed by atoms with E-state index in [1.54, 1.807) is 25.3 Å². The van der Waals surface area contributed by atoms with Crippen molar-refractivity contribution in [3.8, 4) is 11.1 Å². The second-order valence-corrected chi connectivity index (χ2v) is 5.23. The summed E-state index contributed by atoms with van der Waals surface area (Å²) in [5.74, 6) is 0.0550. The summed E-state index contributed by atoms with van der Waals surface area (Å²) in [6, 6.07) is 16.3. The zero-order chi connectivity index (χ0) is 14.8. The molecule has 3 rings (SSSR count). The molecule has 0 N–H and O–H groups in total. The molecular weight excluding hydrogens is 262 g/mol. The third-order valence-corrected chi connectivity index (χ3v) is 3.53. The van der Waals surface area contributed by atoms with E-state index in [1.807, 2.05) is 28.8 Å². The van der Waals surface area contributed by atoms with Crippen molar-refractivity contribution in [2.24, 2.45) is 0 Å². The molecule has 1 amide bonds. The molecule has 4 nitrogen and oxygen atoms in total. The van der Waals surface area contributed by atoms with Gasteiger partial charge in [-0.1, -0.05) is 36.4 Å². The molecule has 0 radical (unpaired) electrons. The quantitative estimate of drug-likeness (QED) is 0.739. The lowest BCUT2D eigenvalue weighted by Gasteiger charge is -2.11. The van der Waals surface area contributed by atoms with Gasteiger partial charge in [-0.3, -0.25) is 4.79 Å². The van der Waals surface area contributed by atoms with Gasteiger partial charge in [-0.15, -0.1) is 0 Å². The Balaban J connectivity index is 2.02. The third kappa shape index (κ3) is 2.65. The van der Waals surface area contributed by atoms with Crippen LogP contribution in [0.3, 0.4) is 0 Å². The number of carbonyl (C=O) groups excluding carboxylic acids is 1. The van der Waals surface area contributed by atoms with Crippen LogP contribution in [0.15, 0.2) is 54.9 Å². The van der Waals surface area contributed by atoms with E-state index < -0.39 is 0 Å². The Morgan fingerprint density at radius 3 is 2.57 bits per heavy atom. The number of aromatic nitrogens is 2. The van der Waals surface area contributed by atoms with Crippen molar-refractivity contribution in [3.05, 3.63) is 54.9 Å². The number of nitrogens with zero attached hydrogens (tertiary/aromatic N) is 3. The molecule has 0 saturated carbocycles. The molecule has 21 heavy (non-hydrogen) atoms. The highest BCUT2D eigenvalue weighted by molar-refractivity contribution is 5.84. The van der Waals surface area contributed by atoms with Crippen molar-refractivity contribution < 1.29 is 4.79 Å². The van der Waals surface area contributed by atoms with Crippen molar-refractivity contribution in [2.75, 3.05) is 14.1 Å². The standard InChI is InChI=1S/C17H17N3O/c1-19(2)17(21)11-20-12-18-15-9-8-14(10-16(15)20)13-6-4-3-5-7-13/h3-10,12H,11H2,1-2H3. The van der Waals surface area contributed by atoms with Gasteiger partial charge >= 0.3 is 0 Å². The number of hydrogen-bond donors (Lipinski definition) is 0. The van der Waals surface area contributed by atoms with Crippen LogP contribution in [0.4, 0.5) is 0 Å². The normalized spacial score (nSPS) is 10.8. The van der Waals surface area contributed by atoms with Crippen molar-refractivity contribution >= 4 is 16.9 Å². The maximum atomic E-state index is 11.9. The van der Waals surface area contributed by atoms with Crippen molar-refractivity contribution in [3.63, 3.8) is 0 Å². The molecule has 1 heterocycles. The fraction of sp³-hybridized carbons (Fsp3) is 0.176. The molecule has 0 spiro atoms. The van der Waals surface area contributed by atoms with E-state index in [0.717, 1.165) is 22.2 Å². The smallest absolute Gasteiger partial charge is 0.242 e. The summed E-state index contributed by atoms with van der Waals surface area (Å²) in [5.41, 5.74) is 4.17. The Morgan fingerprint density at radius 2 is 1.86 bits per heavy atom. The van der Waals surface area contributed by atoms with Crippen LogP contribution < -0.4 is 0 Å². The van der Waals surface area contributed by atoms with E-state index in [0.29, 0.717) is 6.54 Å². The first-order valence-corrected chi connectivity index (χ1v) is 6.85. The molecule has 106 valence electrons. The van der Waals surface area contributed by atoms with Crippen molar-refractivity contribution in [2.45, 2.75) is 6.54 Å². The molecule has 0 aliphatic heterocycles. The molecule has 0 aliphatic carbocycles. The Labute approximate surface area is 123 Å². The molecule has 3 aromatic rings. The average Bonchev–Trinajstić information content (AvgIpc) is 2.90. The minimum absolute atomic E-state index is 0.0550. The van der Waals surface area contributed by atoms with Crippen LogP contribution in [0.1, 0.15) is 0 Å². The molecule has 0 unspecified atom stereocenters. The summed E-state index contributed by atoms with van der Waals surface area (Å²) in [6.45, 7) is 0.307. The van der Waals surface area contributed by atoms with Crippen LogP contribution >= 0.6 is 0 Å². The van der Waals surface area contributed by atoms with Crippen LogP contribution in [-0.4, -0.2) is 34.5 Å². The Kier molecular flexibility index (Phi) is 3.44. The van der Waals surface area contributed by atoms with Gasteiger partial charge in [0.15, 0.2) is 0 Å². The van der Waals surface area contributed by atoms with E-state index in [-0.39, 0.29) is 5.91 Å². The molecule has 0 bridgehead atoms. The highest BCUT2D eigenvalue weighted by Crippen LogP contribution is 2.23. The number of rotatable bonds is 3. The predicted octanol–water partition coefficient (Wildman–Crippen LogP) is 2.79. The Hall–Kier alpha value is -2.62. The topological polar surface area (TPSA) is 38.1 Å². The van der Waals surface area contributed by atoms with Crippen LogP contribution in [0.5, 0.6) is 0 Å². The summed E-state index contributed by atoms with van der Waals surface area (Å²) in [5, 5.41) is 0. The second-order valence-electron chi connectivity index (χ2n) is 5.23. The summed E-state index contributed by atoms with van der Waals surface area (Å²) < 4.78 is 1.89. The van der Waals surface area contributed by atoms with E-state index in [2.05, 4.69) is 29.2 Å². The molecule has 0 aliphatic rings. The van der Waals surface area contributed by atoms with Gasteiger partial charge in [-0.25, -0.2) is 4.98 Å². The van der Waals surface area contributed by atoms with Crippen molar-refractivity contribution in [1.82, 2.24) is 14.5 Å². The van der Waals surface area contributed by atoms with Gasteiger partial charge in [0, 0.05) is 14.1 Å². The van der Waals surface area contributed by atoms with Gasteiger partial charge in [-0.2, -0.15) is 0 Å². The molecule has 1 aromatic heterocycles. The lowest BCUT2D eigenvalue weighted by molar-refractivity contribution is -0.129. The monoisotopic (exact) mass is 279 g/mol. The van der Waals surface area contributed by atoms with Crippen LogP contribution in [-0.2, 0) is 11.3 Å². The average molecular weight is 279 g/mol. The fourth-order valence-electron chi connectivity index (χ4n) is 2.28. The zero-order valence-corrected chi connectivity index (χ0v) is 12.2. The Bertz CT molecular complexity index is 775. The first kappa shape index (κ1) is 13.4. The third-order valence-electron chi connectivity index (χ3n) is 3.53. The minimum Gasteiger partial charge on any atom is -0.347 e. The fourth-order valence-corrected chi connectivity index (χ4v) is 2.28. The summed E-state index contributed by atoms with van der Waals surface area (Å²) >= 11 is 0. The van der Waals surface area contributed by atoms with Gasteiger partial charge in [0.05, 0.1) is 17.4 Å². The molecule has 0 saturated heterocycles. The van der Waals surface area contributed by atoms with Gasteiger partial charge < -0.3 is 9.47 Å². The van der Waals surface area contributed by atoms with Crippen LogP contribution in [0, 0.1) is 0 Å². The predicted molar refractivity (Wildman–Crippen MR) is 83.9 cm³/mol. The van der Waals surface area contributed by atoms with Crippen LogP contribution in [0.25, 0.3) is 22.2 Å². The second kappa shape index (κ2) is 5.40. The highest BCUT2D eigenvalue weighted by atomic mass is 16.2. The highest BCUT2D eigenvalue weighted by Gasteiger charge is 2.09. The lowest BCUT2D eigenvalue weighted by Crippen LogP contribution is -2.25. The molecule has 0 fully saturated rings. The molecule has 0 atom stereocenters. The minimum atomic E-state index is 0.0550. The zero-order valence-electron chi connectivity index (χ0n) is 12.2. The SMILES string of the molecule is CN(C)C(=O)Cn1cnc2ccc(-c3ccccc3)cc21. The maximum Gasteiger partial charge on any atom is 0.242 e. The number of imidazole rings is 1. The number of benzene rings is 2. The summed E-state index contributed by atoms with van der Waals surface area (Å²) in [6.07, 6.45) is 1.72. The molecule has 2 aromatic carbocycles. The van der Waals surface area contributed by atoms with E-state index >= 15 is 0 Å². The lowest BCUT2D eigenvalue weighted by atomic mass is 10.1. The van der Waals surface area contributed by atoms with E-state index in [9.17, 15) is 4.79 Å². The summed E-state index contributed by atoms with van der Waals surface area (Å²) in [4.78, 5) is 17.8. The summed E-state index contributed by atoms with van der Waals surface area (Å²) in [7, 11) is 3.52. The number of hydrogen-bond acceptors (Lipinski definition) is 2. The number of likely N-dealkylation sites (N-methyl/N-ethyl adjacent to an activating group) is 1. The van der Waals surface area contributed by atoms with E-state index in [4.69, 9.17) is 0 Å². The van der Waals surface area contributed by atoms with Crippen LogP contribution in [0.2, 0.25) is 0 Å². The largest absolute Gasteiger partial charge is 0.347 e. The maximum absolute atomic E-state index is 11.9. The van der Waals surface area contributed by atoms with Crippen molar-refractivity contribution in [1.29, 1.82) is 0 Å². The number of amides is 1. The number of carbonyl (C=O) groups is 1. The molecular formula is C17H17N3O. The molecule has 4 heteroatoms. The first-order valence-electron chi connectivity index (χ1n) is 6.85. The van der Waals surface area contributed by atoms with Gasteiger partial charge in [0.25, 0.3) is 0 Å².